The van der Waals surface area contributed by atoms with Crippen molar-refractivity contribution in [3.05, 3.63) is 48.0 Å². The van der Waals surface area contributed by atoms with Gasteiger partial charge >= 0.3 is 0 Å². The Balaban J connectivity index is 1.71. The fourth-order valence-electron chi connectivity index (χ4n) is 2.18. The lowest BCUT2D eigenvalue weighted by molar-refractivity contribution is 0.0437. The maximum absolute atomic E-state index is 8.61. The molecular formula is C17H22O3. The Bertz CT molecular complexity index is 505. The van der Waals surface area contributed by atoms with Gasteiger partial charge in [0, 0.05) is 13.2 Å². The van der Waals surface area contributed by atoms with Crippen LogP contribution in [0.2, 0.25) is 0 Å². The van der Waals surface area contributed by atoms with Gasteiger partial charge in [-0.05, 0) is 29.2 Å². The van der Waals surface area contributed by atoms with Crippen LogP contribution >= 0.6 is 0 Å². The zero-order chi connectivity index (χ0) is 14.0. The van der Waals surface area contributed by atoms with E-state index in [0.29, 0.717) is 32.8 Å². The van der Waals surface area contributed by atoms with Crippen molar-refractivity contribution in [2.24, 2.45) is 0 Å². The summed E-state index contributed by atoms with van der Waals surface area (Å²) < 4.78 is 10.9. The summed E-state index contributed by atoms with van der Waals surface area (Å²) in [6.45, 7) is 2.69. The molecule has 1 N–H and O–H groups in total. The van der Waals surface area contributed by atoms with Gasteiger partial charge in [0.1, 0.15) is 0 Å². The molecule has 0 amide bonds. The summed E-state index contributed by atoms with van der Waals surface area (Å²) in [5, 5.41) is 11.2. The number of benzene rings is 2. The molecule has 0 fully saturated rings. The third-order valence-corrected chi connectivity index (χ3v) is 3.21. The van der Waals surface area contributed by atoms with Crippen LogP contribution in [-0.4, -0.2) is 38.1 Å². The van der Waals surface area contributed by atoms with Gasteiger partial charge in [-0.1, -0.05) is 42.5 Å². The molecule has 0 bridgehead atoms. The van der Waals surface area contributed by atoms with E-state index < -0.39 is 0 Å². The van der Waals surface area contributed by atoms with E-state index in [1.54, 1.807) is 0 Å². The predicted octanol–water partition coefficient (Wildman–Crippen LogP) is 2.80. The van der Waals surface area contributed by atoms with Crippen LogP contribution in [0.1, 0.15) is 12.0 Å². The molecule has 0 heterocycles. The summed E-state index contributed by atoms with van der Waals surface area (Å²) in [4.78, 5) is 0. The van der Waals surface area contributed by atoms with Gasteiger partial charge in [-0.25, -0.2) is 0 Å². The van der Waals surface area contributed by atoms with Crippen molar-refractivity contribution < 1.29 is 14.6 Å². The van der Waals surface area contributed by atoms with Gasteiger partial charge in [-0.2, -0.15) is 0 Å². The van der Waals surface area contributed by atoms with Gasteiger partial charge in [0.05, 0.1) is 19.8 Å². The lowest BCUT2D eigenvalue weighted by Gasteiger charge is -2.08. The highest BCUT2D eigenvalue weighted by molar-refractivity contribution is 5.85. The highest BCUT2D eigenvalue weighted by Crippen LogP contribution is 2.18. The summed E-state index contributed by atoms with van der Waals surface area (Å²) in [6, 6.07) is 14.8. The van der Waals surface area contributed by atoms with Crippen molar-refractivity contribution >= 4 is 10.8 Å². The first-order valence-corrected chi connectivity index (χ1v) is 7.15. The van der Waals surface area contributed by atoms with E-state index in [1.807, 2.05) is 0 Å². The Morgan fingerprint density at radius 1 is 0.800 bits per heavy atom. The Labute approximate surface area is 120 Å². The van der Waals surface area contributed by atoms with E-state index in [9.17, 15) is 0 Å². The number of aliphatic hydroxyl groups excluding tert-OH is 1. The van der Waals surface area contributed by atoms with Crippen LogP contribution in [0, 0.1) is 0 Å². The third kappa shape index (κ3) is 4.60. The Hall–Kier alpha value is -1.42. The molecule has 0 aromatic heterocycles. The molecule has 0 aliphatic rings. The van der Waals surface area contributed by atoms with E-state index in [1.165, 1.54) is 16.3 Å². The SMILES string of the molecule is OCCCOCCOCCc1cccc2ccccc12. The van der Waals surface area contributed by atoms with Gasteiger partial charge in [-0.15, -0.1) is 0 Å². The molecule has 2 rings (SSSR count). The monoisotopic (exact) mass is 274 g/mol. The van der Waals surface area contributed by atoms with Crippen molar-refractivity contribution in [2.45, 2.75) is 12.8 Å². The summed E-state index contributed by atoms with van der Waals surface area (Å²) in [6.07, 6.45) is 1.61. The molecule has 0 radical (unpaired) electrons. The molecule has 2 aromatic carbocycles. The van der Waals surface area contributed by atoms with E-state index >= 15 is 0 Å². The first-order valence-electron chi connectivity index (χ1n) is 7.15. The van der Waals surface area contributed by atoms with E-state index in [-0.39, 0.29) is 6.61 Å². The number of hydrogen-bond acceptors (Lipinski definition) is 3. The summed E-state index contributed by atoms with van der Waals surface area (Å²) in [7, 11) is 0. The zero-order valence-corrected chi connectivity index (χ0v) is 11.8. The van der Waals surface area contributed by atoms with E-state index in [0.717, 1.165) is 6.42 Å². The van der Waals surface area contributed by atoms with Crippen LogP contribution in [0.15, 0.2) is 42.5 Å². The summed E-state index contributed by atoms with van der Waals surface area (Å²) in [5.41, 5.74) is 1.32. The minimum Gasteiger partial charge on any atom is -0.396 e. The van der Waals surface area contributed by atoms with Crippen LogP contribution in [0.4, 0.5) is 0 Å². The first kappa shape index (κ1) is 15.0. The molecule has 20 heavy (non-hydrogen) atoms. The zero-order valence-electron chi connectivity index (χ0n) is 11.8. The van der Waals surface area contributed by atoms with Crippen LogP contribution in [0.25, 0.3) is 10.8 Å². The molecule has 0 saturated heterocycles. The number of fused-ring (bicyclic) bond motifs is 1. The smallest absolute Gasteiger partial charge is 0.0700 e. The standard InChI is InChI=1S/C17H22O3/c18-10-4-11-19-13-14-20-12-9-16-7-3-6-15-5-1-2-8-17(15)16/h1-3,5-8,18H,4,9-14H2. The highest BCUT2D eigenvalue weighted by atomic mass is 16.5. The fourth-order valence-corrected chi connectivity index (χ4v) is 2.18. The summed E-state index contributed by atoms with van der Waals surface area (Å²) >= 11 is 0. The second-order valence-corrected chi connectivity index (χ2v) is 4.69. The topological polar surface area (TPSA) is 38.7 Å². The second-order valence-electron chi connectivity index (χ2n) is 4.69. The van der Waals surface area contributed by atoms with Gasteiger partial charge in [-0.3, -0.25) is 0 Å². The second kappa shape index (κ2) is 8.69. The largest absolute Gasteiger partial charge is 0.396 e. The number of rotatable bonds is 9. The Morgan fingerprint density at radius 3 is 2.40 bits per heavy atom. The van der Waals surface area contributed by atoms with Crippen molar-refractivity contribution in [1.82, 2.24) is 0 Å². The van der Waals surface area contributed by atoms with Crippen molar-refractivity contribution in [1.29, 1.82) is 0 Å². The number of aliphatic hydroxyl groups is 1. The Morgan fingerprint density at radius 2 is 1.55 bits per heavy atom. The number of hydrogen-bond donors (Lipinski definition) is 1. The molecular weight excluding hydrogens is 252 g/mol. The molecule has 0 aliphatic heterocycles. The van der Waals surface area contributed by atoms with Gasteiger partial charge in [0.15, 0.2) is 0 Å². The quantitative estimate of drug-likeness (QED) is 0.715. The molecule has 0 atom stereocenters. The maximum atomic E-state index is 8.61. The minimum absolute atomic E-state index is 0.182. The Kier molecular flexibility index (Phi) is 6.51. The lowest BCUT2D eigenvalue weighted by Crippen LogP contribution is -2.08. The normalized spacial score (nSPS) is 11.1. The number of ether oxygens (including phenoxy) is 2. The highest BCUT2D eigenvalue weighted by Gasteiger charge is 2.00. The maximum Gasteiger partial charge on any atom is 0.0700 e. The first-order chi connectivity index (χ1) is 9.92. The molecule has 108 valence electrons. The van der Waals surface area contributed by atoms with Crippen LogP contribution in [-0.2, 0) is 15.9 Å². The molecule has 2 aromatic rings. The summed E-state index contributed by atoms with van der Waals surface area (Å²) in [5.74, 6) is 0. The van der Waals surface area contributed by atoms with Gasteiger partial charge in [0.2, 0.25) is 0 Å². The van der Waals surface area contributed by atoms with Crippen molar-refractivity contribution in [2.75, 3.05) is 33.0 Å². The molecule has 3 nitrogen and oxygen atoms in total. The van der Waals surface area contributed by atoms with Crippen LogP contribution < -0.4 is 0 Å². The van der Waals surface area contributed by atoms with E-state index in [4.69, 9.17) is 14.6 Å². The molecule has 0 unspecified atom stereocenters. The fraction of sp³-hybridized carbons (Fsp3) is 0.412. The minimum atomic E-state index is 0.182. The molecule has 0 saturated carbocycles. The molecule has 0 spiro atoms. The molecule has 3 heteroatoms. The van der Waals surface area contributed by atoms with Gasteiger partial charge in [0.25, 0.3) is 0 Å². The van der Waals surface area contributed by atoms with Crippen molar-refractivity contribution in [3.8, 4) is 0 Å². The average Bonchev–Trinajstić information content (AvgIpc) is 2.50. The third-order valence-electron chi connectivity index (χ3n) is 3.21. The predicted molar refractivity (Wildman–Crippen MR) is 81.0 cm³/mol. The van der Waals surface area contributed by atoms with E-state index in [2.05, 4.69) is 42.5 Å². The lowest BCUT2D eigenvalue weighted by atomic mass is 10.0. The van der Waals surface area contributed by atoms with Crippen molar-refractivity contribution in [3.63, 3.8) is 0 Å². The van der Waals surface area contributed by atoms with Crippen LogP contribution in [0.5, 0.6) is 0 Å². The van der Waals surface area contributed by atoms with Crippen LogP contribution in [0.3, 0.4) is 0 Å². The molecule has 0 aliphatic carbocycles. The average molecular weight is 274 g/mol. The van der Waals surface area contributed by atoms with Gasteiger partial charge < -0.3 is 14.6 Å².